The first-order valence-corrected chi connectivity index (χ1v) is 22.2. The van der Waals surface area contributed by atoms with Crippen LogP contribution in [0.2, 0.25) is 0 Å². The number of benzene rings is 4. The van der Waals surface area contributed by atoms with Crippen molar-refractivity contribution in [2.45, 2.75) is 109 Å². The molecule has 3 aliphatic heterocycles. The normalized spacial score (nSPS) is 21.5. The lowest BCUT2D eigenvalue weighted by atomic mass is 9.82. The third-order valence-corrected chi connectivity index (χ3v) is 12.9. The second kappa shape index (κ2) is 19.2. The van der Waals surface area contributed by atoms with E-state index in [2.05, 4.69) is 78.6 Å². The molecule has 63 heavy (non-hydrogen) atoms. The number of aliphatic hydroxyl groups is 1. The van der Waals surface area contributed by atoms with E-state index in [-0.39, 0.29) is 37.6 Å². The van der Waals surface area contributed by atoms with Crippen LogP contribution in [0, 0.1) is 17.8 Å². The number of allylic oxidation sites excluding steroid dienone is 1. The van der Waals surface area contributed by atoms with Gasteiger partial charge in [-0.2, -0.15) is 0 Å². The van der Waals surface area contributed by atoms with E-state index in [9.17, 15) is 19.5 Å². The van der Waals surface area contributed by atoms with Crippen LogP contribution in [0.1, 0.15) is 109 Å². The highest BCUT2D eigenvalue weighted by molar-refractivity contribution is 5.90. The quantitative estimate of drug-likeness (QED) is 0.0635. The first kappa shape index (κ1) is 43.7. The average molecular weight is 849 g/mol. The maximum absolute atomic E-state index is 14.7. The van der Waals surface area contributed by atoms with Crippen molar-refractivity contribution in [1.29, 1.82) is 0 Å². The average Bonchev–Trinajstić information content (AvgIpc) is 3.25. The largest absolute Gasteiger partial charge is 0.482 e. The predicted octanol–water partition coefficient (Wildman–Crippen LogP) is 9.26. The molecule has 0 aliphatic carbocycles. The van der Waals surface area contributed by atoms with Crippen molar-refractivity contribution in [3.63, 3.8) is 0 Å². The zero-order valence-corrected chi connectivity index (χ0v) is 36.7. The van der Waals surface area contributed by atoms with Gasteiger partial charge in [0.15, 0.2) is 17.8 Å². The lowest BCUT2D eigenvalue weighted by Crippen LogP contribution is -2.54. The van der Waals surface area contributed by atoms with Crippen LogP contribution in [0.5, 0.6) is 5.75 Å². The molecule has 5 aromatic rings. The third-order valence-electron chi connectivity index (χ3n) is 12.9. The SMILES string of the molecule is COC[C@@H](CCO)c1cc2ccc3c(c2oc1=O)[C@H]1OC(=O)C[C@@H](CCc2cccc(Cc4ccccc4)c2)Cc2ccc4cc2CC#CC[C@@](C)(O3)[C@H]1OC(=O)C(=C(C)C)CC4. The Bertz CT molecular complexity index is 2640. The minimum Gasteiger partial charge on any atom is -0.482 e. The number of fused-ring (bicyclic) bond motifs is 7. The minimum atomic E-state index is -1.27. The van der Waals surface area contributed by atoms with Crippen LogP contribution in [0.4, 0.5) is 0 Å². The molecule has 3 aliphatic rings. The molecule has 1 aromatic heterocycles. The summed E-state index contributed by atoms with van der Waals surface area (Å²) in [6, 6.07) is 30.9. The molecule has 0 fully saturated rings. The molecule has 5 bridgehead atoms. The number of methoxy groups -OCH3 is 1. The summed E-state index contributed by atoms with van der Waals surface area (Å²) in [6.45, 7) is 5.69. The number of esters is 2. The van der Waals surface area contributed by atoms with E-state index in [1.54, 1.807) is 25.3 Å². The minimum absolute atomic E-state index is 0.0958. The maximum atomic E-state index is 14.7. The van der Waals surface area contributed by atoms with Crippen LogP contribution >= 0.6 is 0 Å². The molecule has 1 N–H and O–H groups in total. The fraction of sp³-hybridized carbons (Fsp3) is 0.389. The van der Waals surface area contributed by atoms with Crippen molar-refractivity contribution in [2.24, 2.45) is 5.92 Å². The third kappa shape index (κ3) is 9.83. The zero-order chi connectivity index (χ0) is 44.1. The van der Waals surface area contributed by atoms with Gasteiger partial charge in [0.1, 0.15) is 11.3 Å². The van der Waals surface area contributed by atoms with Crippen molar-refractivity contribution >= 4 is 22.9 Å². The van der Waals surface area contributed by atoms with Gasteiger partial charge in [0, 0.05) is 49.0 Å². The topological polar surface area (TPSA) is 122 Å². The molecular weight excluding hydrogens is 793 g/mol. The second-order valence-corrected chi connectivity index (χ2v) is 17.8. The van der Waals surface area contributed by atoms with Crippen molar-refractivity contribution in [2.75, 3.05) is 20.3 Å². The van der Waals surface area contributed by atoms with Gasteiger partial charge in [0.2, 0.25) is 0 Å². The zero-order valence-electron chi connectivity index (χ0n) is 36.7. The van der Waals surface area contributed by atoms with E-state index in [0.717, 1.165) is 41.5 Å². The van der Waals surface area contributed by atoms with E-state index in [4.69, 9.17) is 23.4 Å². The number of ether oxygens (including phenoxy) is 4. The Balaban J connectivity index is 1.23. The molecule has 0 unspecified atom stereocenters. The molecule has 8 rings (SSSR count). The number of hydrogen-bond acceptors (Lipinski definition) is 9. The van der Waals surface area contributed by atoms with Crippen molar-refractivity contribution in [1.82, 2.24) is 0 Å². The molecule has 4 aromatic carbocycles. The van der Waals surface area contributed by atoms with Crippen molar-refractivity contribution in [3.8, 4) is 17.6 Å². The molecule has 0 saturated carbocycles. The summed E-state index contributed by atoms with van der Waals surface area (Å²) < 4.78 is 31.6. The highest BCUT2D eigenvalue weighted by Crippen LogP contribution is 2.48. The summed E-state index contributed by atoms with van der Waals surface area (Å²) in [7, 11) is 1.54. The van der Waals surface area contributed by atoms with Crippen LogP contribution in [0.3, 0.4) is 0 Å². The molecule has 0 radical (unpaired) electrons. The standard InChI is InChI=1S/C54H56O9/c1-34(2)44-22-19-37-18-20-41-30-39(17-16-36-13-10-14-38(28-36)27-35-11-6-5-7-12-35)31-47(56)60-50-48-46(63-54(3,51(50)62-52(44)57)25-9-8-15-40(41)29-37)23-21-42-32-45(53(58)61-49(42)48)43(24-26-55)33-59-4/h5-7,10-14,18,20-21,23,28-29,32,39,43,50-51,55H,15-17,19,22,24-27,30-31,33H2,1-4H3/t39-,43+,50+,51-,54+/m0/s1. The Morgan fingerprint density at radius 3 is 2.48 bits per heavy atom. The molecule has 5 atom stereocenters. The van der Waals surface area contributed by atoms with Crippen molar-refractivity contribution in [3.05, 3.63) is 157 Å². The molecular formula is C54H56O9. The molecule has 9 heteroatoms. The lowest BCUT2D eigenvalue weighted by molar-refractivity contribution is -0.190. The van der Waals surface area contributed by atoms with Gasteiger partial charge in [-0.3, -0.25) is 4.79 Å². The molecule has 0 saturated heterocycles. The number of hydrogen-bond donors (Lipinski definition) is 1. The van der Waals surface area contributed by atoms with E-state index in [1.807, 2.05) is 26.8 Å². The fourth-order valence-electron chi connectivity index (χ4n) is 9.47. The molecule has 0 amide bonds. The summed E-state index contributed by atoms with van der Waals surface area (Å²) in [5.41, 5.74) is 7.34. The van der Waals surface area contributed by atoms with Gasteiger partial charge in [0.05, 0.1) is 18.6 Å². The van der Waals surface area contributed by atoms with Crippen molar-refractivity contribution < 1.29 is 38.1 Å². The van der Waals surface area contributed by atoms with E-state index < -0.39 is 41.3 Å². The lowest BCUT2D eigenvalue weighted by Gasteiger charge is -2.44. The van der Waals surface area contributed by atoms with Gasteiger partial charge >= 0.3 is 17.6 Å². The van der Waals surface area contributed by atoms with Crippen LogP contribution in [0.25, 0.3) is 11.0 Å². The van der Waals surface area contributed by atoms with E-state index in [0.29, 0.717) is 59.9 Å². The Morgan fingerprint density at radius 2 is 1.68 bits per heavy atom. The number of aliphatic hydroxyl groups excluding tert-OH is 1. The first-order valence-electron chi connectivity index (χ1n) is 22.2. The highest BCUT2D eigenvalue weighted by Gasteiger charge is 2.53. The number of aryl methyl sites for hydroxylation is 2. The Morgan fingerprint density at radius 1 is 0.873 bits per heavy atom. The smallest absolute Gasteiger partial charge is 0.339 e. The monoisotopic (exact) mass is 848 g/mol. The maximum Gasteiger partial charge on any atom is 0.339 e. The van der Waals surface area contributed by atoms with Gasteiger partial charge in [0.25, 0.3) is 0 Å². The molecule has 0 spiro atoms. The van der Waals surface area contributed by atoms with Gasteiger partial charge < -0.3 is 28.5 Å². The summed E-state index contributed by atoms with van der Waals surface area (Å²) in [5.74, 6) is 5.61. The van der Waals surface area contributed by atoms with Gasteiger partial charge in [-0.1, -0.05) is 90.2 Å². The Hall–Kier alpha value is -5.95. The highest BCUT2D eigenvalue weighted by atomic mass is 16.6. The van der Waals surface area contributed by atoms with Crippen LogP contribution in [-0.2, 0) is 55.9 Å². The summed E-state index contributed by atoms with van der Waals surface area (Å²) in [4.78, 5) is 43.0. The predicted molar refractivity (Wildman–Crippen MR) is 242 cm³/mol. The first-order chi connectivity index (χ1) is 30.5. The summed E-state index contributed by atoms with van der Waals surface area (Å²) in [5, 5.41) is 10.4. The van der Waals surface area contributed by atoms with Gasteiger partial charge in [-0.05, 0) is 123 Å². The summed E-state index contributed by atoms with van der Waals surface area (Å²) >= 11 is 0. The fourth-order valence-corrected chi connectivity index (χ4v) is 9.47. The Kier molecular flexibility index (Phi) is 13.3. The Labute approximate surface area is 369 Å². The second-order valence-electron chi connectivity index (χ2n) is 17.8. The van der Waals surface area contributed by atoms with Crippen LogP contribution in [0.15, 0.2) is 111 Å². The number of carbonyl (C=O) groups is 2. The van der Waals surface area contributed by atoms with E-state index in [1.165, 1.54) is 16.7 Å². The number of rotatable bonds is 10. The van der Waals surface area contributed by atoms with Gasteiger partial charge in [-0.15, -0.1) is 0 Å². The molecule has 326 valence electrons. The van der Waals surface area contributed by atoms with Crippen LogP contribution in [-0.4, -0.2) is 49.1 Å². The number of carbonyl (C=O) groups excluding carboxylic acids is 2. The van der Waals surface area contributed by atoms with Crippen LogP contribution < -0.4 is 10.4 Å². The summed E-state index contributed by atoms with van der Waals surface area (Å²) in [6.07, 6.45) is 2.72. The molecule has 4 heterocycles. The van der Waals surface area contributed by atoms with E-state index >= 15 is 0 Å². The molecule has 9 nitrogen and oxygen atoms in total. The van der Waals surface area contributed by atoms with Gasteiger partial charge in [-0.25, -0.2) is 9.59 Å².